The van der Waals surface area contributed by atoms with Gasteiger partial charge in [-0.25, -0.2) is 10.4 Å². The van der Waals surface area contributed by atoms with Gasteiger partial charge in [0.2, 0.25) is 5.75 Å². The number of nitrogen functional groups attached to an aromatic ring is 1. The Morgan fingerprint density at radius 3 is 2.43 bits per heavy atom. The molecule has 2 aromatic carbocycles. The van der Waals surface area contributed by atoms with Gasteiger partial charge in [0, 0.05) is 5.56 Å². The number of hydrogen-bond acceptors (Lipinski definition) is 8. The molecular weight excluding hydrogens is 404 g/mol. The number of hydrazone groups is 1. The first-order valence-electron chi connectivity index (χ1n) is 9.01. The van der Waals surface area contributed by atoms with Crippen molar-refractivity contribution in [2.45, 2.75) is 13.5 Å². The first-order valence-corrected chi connectivity index (χ1v) is 9.82. The van der Waals surface area contributed by atoms with E-state index in [0.29, 0.717) is 45.1 Å². The van der Waals surface area contributed by atoms with Crippen LogP contribution in [-0.4, -0.2) is 31.3 Å². The third-order valence-corrected chi connectivity index (χ3v) is 5.09. The molecule has 0 aliphatic carbocycles. The largest absolute Gasteiger partial charge is 0.493 e. The number of amides is 1. The third kappa shape index (κ3) is 5.06. The second kappa shape index (κ2) is 9.75. The van der Waals surface area contributed by atoms with Gasteiger partial charge in [0.1, 0.15) is 11.5 Å². The van der Waals surface area contributed by atoms with E-state index in [-0.39, 0.29) is 5.91 Å². The molecule has 30 heavy (non-hydrogen) atoms. The molecule has 1 heterocycles. The van der Waals surface area contributed by atoms with Gasteiger partial charge in [0.25, 0.3) is 5.91 Å². The maximum absolute atomic E-state index is 12.2. The molecule has 8 nitrogen and oxygen atoms in total. The molecule has 0 aliphatic rings. The van der Waals surface area contributed by atoms with Crippen LogP contribution in [0.5, 0.6) is 17.2 Å². The molecule has 0 radical (unpaired) electrons. The number of aromatic nitrogens is 1. The van der Waals surface area contributed by atoms with Crippen LogP contribution in [0, 0.1) is 6.92 Å². The Labute approximate surface area is 178 Å². The molecule has 0 saturated carbocycles. The van der Waals surface area contributed by atoms with Crippen LogP contribution in [0.15, 0.2) is 47.6 Å². The number of nitrogens with zero attached hydrogens (tertiary/aromatic N) is 2. The number of ether oxygens (including phenoxy) is 3. The second-order valence-electron chi connectivity index (χ2n) is 6.19. The zero-order valence-corrected chi connectivity index (χ0v) is 17.7. The van der Waals surface area contributed by atoms with Gasteiger partial charge in [-0.2, -0.15) is 5.10 Å². The molecule has 0 saturated heterocycles. The van der Waals surface area contributed by atoms with Crippen LogP contribution < -0.4 is 25.4 Å². The second-order valence-corrected chi connectivity index (χ2v) is 7.23. The number of rotatable bonds is 8. The van der Waals surface area contributed by atoms with Crippen molar-refractivity contribution in [2.24, 2.45) is 5.10 Å². The van der Waals surface area contributed by atoms with Crippen molar-refractivity contribution in [3.63, 3.8) is 0 Å². The number of thiazole rings is 1. The molecule has 3 rings (SSSR count). The molecule has 0 unspecified atom stereocenters. The average Bonchev–Trinajstić information content (AvgIpc) is 3.10. The van der Waals surface area contributed by atoms with Gasteiger partial charge < -0.3 is 19.9 Å². The summed E-state index contributed by atoms with van der Waals surface area (Å²) >= 11 is 1.11. The van der Waals surface area contributed by atoms with Gasteiger partial charge >= 0.3 is 0 Å². The molecule has 156 valence electrons. The van der Waals surface area contributed by atoms with E-state index >= 15 is 0 Å². The summed E-state index contributed by atoms with van der Waals surface area (Å²) < 4.78 is 16.8. The minimum Gasteiger partial charge on any atom is -0.493 e. The number of carbonyl (C=O) groups is 1. The number of carbonyl (C=O) groups excluding carboxylic acids is 1. The van der Waals surface area contributed by atoms with Crippen LogP contribution >= 0.6 is 11.3 Å². The van der Waals surface area contributed by atoms with E-state index in [1.807, 2.05) is 30.3 Å². The SMILES string of the molecule is COc1cc(/C=N\NC(=O)c2sc(N)nc2C)cc(OC)c1OCc1ccccc1. The van der Waals surface area contributed by atoms with Crippen molar-refractivity contribution < 1.29 is 19.0 Å². The summed E-state index contributed by atoms with van der Waals surface area (Å²) in [4.78, 5) is 16.7. The Kier molecular flexibility index (Phi) is 6.87. The quantitative estimate of drug-likeness (QED) is 0.422. The smallest absolute Gasteiger partial charge is 0.283 e. The predicted octanol–water partition coefficient (Wildman–Crippen LogP) is 3.39. The van der Waals surface area contributed by atoms with Crippen LogP contribution in [0.25, 0.3) is 0 Å². The molecule has 0 atom stereocenters. The van der Waals surface area contributed by atoms with E-state index in [9.17, 15) is 4.79 Å². The summed E-state index contributed by atoms with van der Waals surface area (Å²) in [6.45, 7) is 2.09. The Hall–Kier alpha value is -3.59. The molecule has 0 fully saturated rings. The van der Waals surface area contributed by atoms with Crippen molar-refractivity contribution >= 4 is 28.6 Å². The van der Waals surface area contributed by atoms with Crippen molar-refractivity contribution in [1.82, 2.24) is 10.4 Å². The van der Waals surface area contributed by atoms with Crippen LogP contribution in [0.3, 0.4) is 0 Å². The van der Waals surface area contributed by atoms with Crippen molar-refractivity contribution in [1.29, 1.82) is 0 Å². The van der Waals surface area contributed by atoms with E-state index in [0.717, 1.165) is 16.9 Å². The number of nitrogens with one attached hydrogen (secondary N) is 1. The lowest BCUT2D eigenvalue weighted by Crippen LogP contribution is -2.17. The molecule has 1 amide bonds. The summed E-state index contributed by atoms with van der Waals surface area (Å²) in [5, 5.41) is 4.34. The number of nitrogens with two attached hydrogens (primary N) is 1. The van der Waals surface area contributed by atoms with Gasteiger partial charge in [0.15, 0.2) is 16.6 Å². The van der Waals surface area contributed by atoms with Gasteiger partial charge in [0.05, 0.1) is 26.1 Å². The minimum atomic E-state index is -0.375. The van der Waals surface area contributed by atoms with Gasteiger partial charge in [-0.3, -0.25) is 4.79 Å². The van der Waals surface area contributed by atoms with Gasteiger partial charge in [-0.05, 0) is 24.6 Å². The third-order valence-electron chi connectivity index (χ3n) is 4.11. The Morgan fingerprint density at radius 2 is 1.87 bits per heavy atom. The van der Waals surface area contributed by atoms with Crippen LogP contribution in [0.2, 0.25) is 0 Å². The van der Waals surface area contributed by atoms with Gasteiger partial charge in [-0.15, -0.1) is 0 Å². The Morgan fingerprint density at radius 1 is 1.20 bits per heavy atom. The molecule has 0 aliphatic heterocycles. The number of anilines is 1. The topological polar surface area (TPSA) is 108 Å². The van der Waals surface area contributed by atoms with Gasteiger partial charge in [-0.1, -0.05) is 41.7 Å². The minimum absolute atomic E-state index is 0.335. The zero-order valence-electron chi connectivity index (χ0n) is 16.8. The molecule has 3 N–H and O–H groups in total. The first-order chi connectivity index (χ1) is 14.5. The van der Waals surface area contributed by atoms with Crippen molar-refractivity contribution in [3.05, 3.63) is 64.2 Å². The van der Waals surface area contributed by atoms with Crippen LogP contribution in [0.1, 0.15) is 26.5 Å². The fourth-order valence-corrected chi connectivity index (χ4v) is 3.41. The highest BCUT2D eigenvalue weighted by Crippen LogP contribution is 2.38. The van der Waals surface area contributed by atoms with E-state index in [1.54, 1.807) is 33.3 Å². The summed E-state index contributed by atoms with van der Waals surface area (Å²) in [5.41, 5.74) is 10.3. The highest BCUT2D eigenvalue weighted by molar-refractivity contribution is 7.17. The molecular formula is C21H22N4O4S. The molecule has 0 spiro atoms. The normalized spacial score (nSPS) is 10.8. The molecule has 1 aromatic heterocycles. The van der Waals surface area contributed by atoms with E-state index in [1.165, 1.54) is 6.21 Å². The van der Waals surface area contributed by atoms with Crippen molar-refractivity contribution in [3.8, 4) is 17.2 Å². The van der Waals surface area contributed by atoms with Crippen LogP contribution in [-0.2, 0) is 6.61 Å². The number of benzene rings is 2. The molecule has 3 aromatic rings. The fourth-order valence-electron chi connectivity index (χ4n) is 2.69. The standard InChI is InChI=1S/C21H22N4O4S/c1-13-19(30-21(22)24-13)20(26)25-23-11-15-9-16(27-2)18(17(10-15)28-3)29-12-14-7-5-4-6-8-14/h4-11H,12H2,1-3H3,(H2,22,24)(H,25,26)/b23-11-. The summed E-state index contributed by atoms with van der Waals surface area (Å²) in [7, 11) is 3.09. The lowest BCUT2D eigenvalue weighted by Gasteiger charge is -2.15. The predicted molar refractivity (Wildman–Crippen MR) is 117 cm³/mol. The Balaban J connectivity index is 1.74. The number of aryl methyl sites for hydroxylation is 1. The first kappa shape index (κ1) is 21.1. The number of hydrogen-bond donors (Lipinski definition) is 2. The number of methoxy groups -OCH3 is 2. The average molecular weight is 426 g/mol. The van der Waals surface area contributed by atoms with Crippen LogP contribution in [0.4, 0.5) is 5.13 Å². The lowest BCUT2D eigenvalue weighted by molar-refractivity contribution is 0.0958. The van der Waals surface area contributed by atoms with E-state index in [2.05, 4.69) is 15.5 Å². The maximum atomic E-state index is 12.2. The summed E-state index contributed by atoms with van der Waals surface area (Å²) in [6.07, 6.45) is 1.49. The molecule has 0 bridgehead atoms. The van der Waals surface area contributed by atoms with E-state index < -0.39 is 0 Å². The molecule has 9 heteroatoms. The summed E-state index contributed by atoms with van der Waals surface area (Å²) in [6, 6.07) is 13.3. The monoisotopic (exact) mass is 426 g/mol. The zero-order chi connectivity index (χ0) is 21.5. The highest BCUT2D eigenvalue weighted by atomic mass is 32.1. The Bertz CT molecular complexity index is 1030. The van der Waals surface area contributed by atoms with Crippen molar-refractivity contribution in [2.75, 3.05) is 20.0 Å². The summed E-state index contributed by atoms with van der Waals surface area (Å²) in [5.74, 6) is 1.09. The highest BCUT2D eigenvalue weighted by Gasteiger charge is 2.15. The lowest BCUT2D eigenvalue weighted by atomic mass is 10.2. The maximum Gasteiger partial charge on any atom is 0.283 e. The fraction of sp³-hybridized carbons (Fsp3) is 0.190. The van der Waals surface area contributed by atoms with E-state index in [4.69, 9.17) is 19.9 Å².